The molecule has 1 saturated carbocycles. The number of Topliss-reactive ketones (excluding diaryl/α,β-unsaturated/α-hetero) is 1. The number of nitrogens with zero attached hydrogens (tertiary/aromatic N) is 2. The normalized spacial score (nSPS) is 14.0. The van der Waals surface area contributed by atoms with Gasteiger partial charge in [-0.2, -0.15) is 4.39 Å². The fraction of sp³-hybridized carbons (Fsp3) is 0.333. The number of carbonyl (C=O) groups excluding carboxylic acids is 1. The van der Waals surface area contributed by atoms with E-state index in [0.29, 0.717) is 6.07 Å². The lowest BCUT2D eigenvalue weighted by Gasteiger charge is -2.15. The average Bonchev–Trinajstić information content (AvgIpc) is 3.34. The lowest BCUT2D eigenvalue weighted by Crippen LogP contribution is -2.24. The molecule has 0 saturated heterocycles. The summed E-state index contributed by atoms with van der Waals surface area (Å²) in [6, 6.07) is 0.589. The van der Waals surface area contributed by atoms with Gasteiger partial charge in [-0.05, 0) is 18.9 Å². The van der Waals surface area contributed by atoms with Gasteiger partial charge < -0.3 is 9.30 Å². The van der Waals surface area contributed by atoms with Crippen molar-refractivity contribution in [1.29, 1.82) is 0 Å². The van der Waals surface area contributed by atoms with Gasteiger partial charge >= 0.3 is 0 Å². The monoisotopic (exact) mass is 338 g/mol. The summed E-state index contributed by atoms with van der Waals surface area (Å²) < 4.78 is 34.1. The van der Waals surface area contributed by atoms with E-state index in [0.717, 1.165) is 20.0 Å². The van der Waals surface area contributed by atoms with Gasteiger partial charge in [0, 0.05) is 17.2 Å². The highest BCUT2D eigenvalue weighted by molar-refractivity contribution is 6.00. The van der Waals surface area contributed by atoms with Crippen molar-refractivity contribution in [2.45, 2.75) is 18.9 Å². The van der Waals surface area contributed by atoms with Crippen molar-refractivity contribution in [2.24, 2.45) is 0 Å². The molecular weight excluding hydrogens is 326 g/mol. The third-order valence-electron chi connectivity index (χ3n) is 3.88. The number of hydrogen-bond donors (Lipinski definition) is 0. The number of ether oxygens (including phenoxy) is 1. The van der Waals surface area contributed by atoms with Crippen LogP contribution in [0.25, 0.3) is 10.9 Å². The van der Waals surface area contributed by atoms with Gasteiger partial charge in [-0.25, -0.2) is 4.39 Å². The van der Waals surface area contributed by atoms with E-state index in [1.807, 2.05) is 0 Å². The molecule has 9 heteroatoms. The van der Waals surface area contributed by atoms with Crippen LogP contribution in [0.4, 0.5) is 8.78 Å². The van der Waals surface area contributed by atoms with Crippen LogP contribution < -0.4 is 10.2 Å². The van der Waals surface area contributed by atoms with Crippen LogP contribution >= 0.6 is 0 Å². The third kappa shape index (κ3) is 2.51. The Morgan fingerprint density at radius 3 is 2.67 bits per heavy atom. The number of pyridine rings is 1. The molecule has 2 aromatic rings. The predicted molar refractivity (Wildman–Crippen MR) is 79.1 cm³/mol. The van der Waals surface area contributed by atoms with E-state index < -0.39 is 45.6 Å². The minimum Gasteiger partial charge on any atom is -0.491 e. The van der Waals surface area contributed by atoms with Crippen molar-refractivity contribution < 1.29 is 23.2 Å². The van der Waals surface area contributed by atoms with Gasteiger partial charge in [0.25, 0.3) is 6.54 Å². The summed E-state index contributed by atoms with van der Waals surface area (Å²) in [5.41, 5.74) is -1.26. The maximum Gasteiger partial charge on any atom is 0.266 e. The molecule has 1 fully saturated rings. The highest BCUT2D eigenvalue weighted by Crippen LogP contribution is 2.40. The van der Waals surface area contributed by atoms with Gasteiger partial charge in [0.15, 0.2) is 11.6 Å². The summed E-state index contributed by atoms with van der Waals surface area (Å²) in [4.78, 5) is 34.1. The van der Waals surface area contributed by atoms with Crippen LogP contribution in [0.5, 0.6) is 5.75 Å². The van der Waals surface area contributed by atoms with Gasteiger partial charge in [0.2, 0.25) is 17.0 Å². The Morgan fingerprint density at radius 2 is 2.12 bits per heavy atom. The van der Waals surface area contributed by atoms with E-state index >= 15 is 0 Å². The summed E-state index contributed by atoms with van der Waals surface area (Å²) in [5, 5.41) is 10.3. The van der Waals surface area contributed by atoms with E-state index in [2.05, 4.69) is 0 Å². The fourth-order valence-corrected chi connectivity index (χ4v) is 2.66. The van der Waals surface area contributed by atoms with Gasteiger partial charge in [0.05, 0.1) is 23.6 Å². The average molecular weight is 338 g/mol. The van der Waals surface area contributed by atoms with E-state index in [-0.39, 0.29) is 16.9 Å². The van der Waals surface area contributed by atoms with E-state index in [4.69, 9.17) is 4.74 Å². The molecule has 3 rings (SSSR count). The maximum absolute atomic E-state index is 14.0. The molecule has 7 nitrogen and oxygen atoms in total. The summed E-state index contributed by atoms with van der Waals surface area (Å²) in [5.74, 6) is -3.94. The number of carbonyl (C=O) groups is 1. The lowest BCUT2D eigenvalue weighted by atomic mass is 10.1. The second-order valence-corrected chi connectivity index (χ2v) is 5.53. The van der Waals surface area contributed by atoms with E-state index in [1.165, 1.54) is 10.8 Å². The minimum absolute atomic E-state index is 0.0431. The number of nitro groups is 1. The van der Waals surface area contributed by atoms with Crippen LogP contribution in [-0.2, 0) is 0 Å². The molecule has 0 N–H and O–H groups in total. The smallest absolute Gasteiger partial charge is 0.266 e. The summed E-state index contributed by atoms with van der Waals surface area (Å²) in [7, 11) is 1.14. The first-order chi connectivity index (χ1) is 11.3. The zero-order chi connectivity index (χ0) is 17.6. The Labute approximate surface area is 133 Å². The number of rotatable bonds is 5. The molecule has 1 aromatic carbocycles. The molecule has 1 aromatic heterocycles. The molecule has 1 aliphatic rings. The Kier molecular flexibility index (Phi) is 3.78. The molecule has 0 amide bonds. The van der Waals surface area contributed by atoms with Crippen LogP contribution in [0, 0.1) is 21.7 Å². The van der Waals surface area contributed by atoms with Crippen molar-refractivity contribution in [3.05, 3.63) is 49.8 Å². The van der Waals surface area contributed by atoms with Gasteiger partial charge in [-0.1, -0.05) is 0 Å². The number of halogens is 2. The molecule has 0 atom stereocenters. The molecule has 1 heterocycles. The Hall–Kier alpha value is -2.84. The van der Waals surface area contributed by atoms with Crippen molar-refractivity contribution in [2.75, 3.05) is 13.7 Å². The molecular formula is C15H12F2N2O5. The van der Waals surface area contributed by atoms with Gasteiger partial charge in [-0.3, -0.25) is 19.7 Å². The summed E-state index contributed by atoms with van der Waals surface area (Å²) >= 11 is 0. The van der Waals surface area contributed by atoms with Crippen molar-refractivity contribution >= 4 is 16.7 Å². The maximum atomic E-state index is 14.0. The van der Waals surface area contributed by atoms with Crippen LogP contribution in [-0.4, -0.2) is 28.9 Å². The number of fused-ring (bicyclic) bond motifs is 1. The quantitative estimate of drug-likeness (QED) is 0.473. The molecule has 126 valence electrons. The number of methoxy groups -OCH3 is 1. The van der Waals surface area contributed by atoms with Crippen LogP contribution in [0.15, 0.2) is 17.1 Å². The first-order valence-corrected chi connectivity index (χ1v) is 7.11. The number of hydrogen-bond acceptors (Lipinski definition) is 5. The number of aromatic nitrogens is 1. The number of ketones is 1. The zero-order valence-corrected chi connectivity index (χ0v) is 12.5. The molecule has 0 bridgehead atoms. The van der Waals surface area contributed by atoms with Gasteiger partial charge in [0.1, 0.15) is 0 Å². The van der Waals surface area contributed by atoms with Crippen LogP contribution in [0.1, 0.15) is 29.2 Å². The lowest BCUT2D eigenvalue weighted by molar-refractivity contribution is -0.465. The SMILES string of the molecule is COc1c(F)c(F)cc2c(=O)c(C(=O)C[N+](=O)[O-])cn(C3CC3)c12. The third-order valence-corrected chi connectivity index (χ3v) is 3.88. The molecule has 1 aliphatic carbocycles. The van der Waals surface area contributed by atoms with Crippen LogP contribution in [0.2, 0.25) is 0 Å². The molecule has 0 radical (unpaired) electrons. The largest absolute Gasteiger partial charge is 0.491 e. The molecule has 0 spiro atoms. The standard InChI is InChI=1S/C15H12F2N2O5/c1-24-15-12(17)10(16)4-8-13(15)18(7-2-3-7)5-9(14(8)21)11(20)6-19(22)23/h4-5,7H,2-3,6H2,1H3. The highest BCUT2D eigenvalue weighted by atomic mass is 19.2. The molecule has 24 heavy (non-hydrogen) atoms. The second-order valence-electron chi connectivity index (χ2n) is 5.53. The van der Waals surface area contributed by atoms with Crippen molar-refractivity contribution in [3.63, 3.8) is 0 Å². The van der Waals surface area contributed by atoms with Gasteiger partial charge in [-0.15, -0.1) is 0 Å². The summed E-state index contributed by atoms with van der Waals surface area (Å²) in [6.07, 6.45) is 2.63. The topological polar surface area (TPSA) is 91.4 Å². The second kappa shape index (κ2) is 5.66. The van der Waals surface area contributed by atoms with Crippen LogP contribution in [0.3, 0.4) is 0 Å². The summed E-state index contributed by atoms with van der Waals surface area (Å²) in [6.45, 7) is -1.05. The zero-order valence-electron chi connectivity index (χ0n) is 12.5. The predicted octanol–water partition coefficient (Wildman–Crippen LogP) is 2.08. The minimum atomic E-state index is -1.29. The Bertz CT molecular complexity index is 934. The molecule has 0 unspecified atom stereocenters. The first kappa shape index (κ1) is 16.0. The Balaban J connectivity index is 2.37. The van der Waals surface area contributed by atoms with Crippen molar-refractivity contribution in [1.82, 2.24) is 4.57 Å². The first-order valence-electron chi connectivity index (χ1n) is 7.11. The van der Waals surface area contributed by atoms with Crippen molar-refractivity contribution in [3.8, 4) is 5.75 Å². The Morgan fingerprint density at radius 1 is 1.46 bits per heavy atom. The fourth-order valence-electron chi connectivity index (χ4n) is 2.66. The number of benzene rings is 1. The highest BCUT2D eigenvalue weighted by Gasteiger charge is 2.30. The van der Waals surface area contributed by atoms with E-state index in [9.17, 15) is 28.5 Å². The molecule has 0 aliphatic heterocycles. The van der Waals surface area contributed by atoms with E-state index in [1.54, 1.807) is 0 Å².